The molecule has 0 saturated carbocycles. The van der Waals surface area contributed by atoms with Gasteiger partial charge in [0.05, 0.1) is 5.69 Å². The summed E-state index contributed by atoms with van der Waals surface area (Å²) >= 11 is 0. The van der Waals surface area contributed by atoms with Crippen molar-refractivity contribution in [2.75, 3.05) is 56.0 Å². The molecule has 4 rings (SSSR count). The first-order valence-corrected chi connectivity index (χ1v) is 13.2. The number of piperazine rings is 1. The number of carbonyl (C=O) groups is 2. The molecule has 2 aromatic carbocycles. The average Bonchev–Trinajstić information content (AvgIpc) is 3.40. The topological polar surface area (TPSA) is 71.5 Å². The van der Waals surface area contributed by atoms with Crippen molar-refractivity contribution in [1.82, 2.24) is 14.8 Å². The molecule has 2 unspecified atom stereocenters. The zero-order chi connectivity index (χ0) is 26.4. The minimum Gasteiger partial charge on any atom is -0.367 e. The summed E-state index contributed by atoms with van der Waals surface area (Å²) in [7, 11) is 0. The molecule has 2 heterocycles. The average molecular weight is 509 g/mol. The van der Waals surface area contributed by atoms with Gasteiger partial charge in [-0.2, -0.15) is 5.10 Å². The summed E-state index contributed by atoms with van der Waals surface area (Å²) in [5.41, 5.74) is 1.92. The summed E-state index contributed by atoms with van der Waals surface area (Å²) < 4.78 is 15.1. The van der Waals surface area contributed by atoms with Crippen molar-refractivity contribution in [2.45, 2.75) is 39.3 Å². The van der Waals surface area contributed by atoms with Gasteiger partial charge in [0.2, 0.25) is 11.8 Å². The Balaban J connectivity index is 1.42. The third-order valence-corrected chi connectivity index (χ3v) is 7.20. The van der Waals surface area contributed by atoms with Crippen LogP contribution in [-0.2, 0) is 9.59 Å². The molecule has 0 spiro atoms. The molecule has 1 saturated heterocycles. The van der Waals surface area contributed by atoms with Crippen LogP contribution in [0.25, 0.3) is 0 Å². The Hall–Kier alpha value is -3.46. The van der Waals surface area contributed by atoms with Crippen LogP contribution in [0.3, 0.4) is 0 Å². The molecule has 9 heteroatoms. The maximum absolute atomic E-state index is 15.1. The first kappa shape index (κ1) is 26.6. The molecule has 2 aromatic rings. The summed E-state index contributed by atoms with van der Waals surface area (Å²) in [6.07, 6.45) is 2.28. The van der Waals surface area contributed by atoms with E-state index in [1.807, 2.05) is 60.9 Å². The molecule has 8 nitrogen and oxygen atoms in total. The summed E-state index contributed by atoms with van der Waals surface area (Å²) in [6, 6.07) is 14.0. The zero-order valence-electron chi connectivity index (χ0n) is 21.9. The third kappa shape index (κ3) is 5.93. The number of amides is 2. The van der Waals surface area contributed by atoms with Crippen LogP contribution in [0, 0.1) is 5.82 Å². The molecule has 0 bridgehead atoms. The van der Waals surface area contributed by atoms with Gasteiger partial charge in [0.25, 0.3) is 0 Å². The SMILES string of the molecule is CCN(CC)C(=O)C(c1ccccc1)N1CCN(c2ccc(NC(=O)C3CC=NN3CC)cc2F)CC1. The van der Waals surface area contributed by atoms with Crippen LogP contribution in [0.1, 0.15) is 38.8 Å². The van der Waals surface area contributed by atoms with E-state index in [-0.39, 0.29) is 29.7 Å². The fraction of sp³-hybridized carbons (Fsp3) is 0.464. The second kappa shape index (κ2) is 12.2. The van der Waals surface area contributed by atoms with E-state index < -0.39 is 0 Å². The van der Waals surface area contributed by atoms with Crippen molar-refractivity contribution in [2.24, 2.45) is 5.10 Å². The number of halogens is 1. The van der Waals surface area contributed by atoms with E-state index in [0.717, 1.165) is 5.56 Å². The van der Waals surface area contributed by atoms with Gasteiger partial charge in [0.1, 0.15) is 17.9 Å². The maximum Gasteiger partial charge on any atom is 0.249 e. The van der Waals surface area contributed by atoms with Crippen LogP contribution in [0.5, 0.6) is 0 Å². The van der Waals surface area contributed by atoms with E-state index in [9.17, 15) is 9.59 Å². The first-order valence-electron chi connectivity index (χ1n) is 13.2. The fourth-order valence-electron chi connectivity index (χ4n) is 5.14. The smallest absolute Gasteiger partial charge is 0.249 e. The van der Waals surface area contributed by atoms with Crippen LogP contribution in [0.15, 0.2) is 53.6 Å². The highest BCUT2D eigenvalue weighted by Gasteiger charge is 2.33. The lowest BCUT2D eigenvalue weighted by Crippen LogP contribution is -2.52. The fourth-order valence-corrected chi connectivity index (χ4v) is 5.14. The molecule has 1 N–H and O–H groups in total. The lowest BCUT2D eigenvalue weighted by molar-refractivity contribution is -0.137. The minimum atomic E-state index is -0.375. The second-order valence-electron chi connectivity index (χ2n) is 9.31. The van der Waals surface area contributed by atoms with Gasteiger partial charge in [-0.15, -0.1) is 0 Å². The van der Waals surface area contributed by atoms with Crippen LogP contribution in [-0.4, -0.2) is 84.7 Å². The van der Waals surface area contributed by atoms with Crippen molar-refractivity contribution < 1.29 is 14.0 Å². The number of carbonyl (C=O) groups excluding carboxylic acids is 2. The Bertz CT molecular complexity index is 1100. The Kier molecular flexibility index (Phi) is 8.76. The van der Waals surface area contributed by atoms with Crippen molar-refractivity contribution in [1.29, 1.82) is 0 Å². The normalized spacial score (nSPS) is 18.6. The quantitative estimate of drug-likeness (QED) is 0.561. The molecular weight excluding hydrogens is 471 g/mol. The molecule has 37 heavy (non-hydrogen) atoms. The summed E-state index contributed by atoms with van der Waals surface area (Å²) in [6.45, 7) is 10.4. The molecule has 0 aliphatic carbocycles. The highest BCUT2D eigenvalue weighted by atomic mass is 19.1. The molecule has 1 fully saturated rings. The monoisotopic (exact) mass is 508 g/mol. The van der Waals surface area contributed by atoms with E-state index in [1.54, 1.807) is 23.4 Å². The Morgan fingerprint density at radius 2 is 1.76 bits per heavy atom. The molecule has 198 valence electrons. The summed E-state index contributed by atoms with van der Waals surface area (Å²) in [5.74, 6) is -0.463. The number of benzene rings is 2. The van der Waals surface area contributed by atoms with Crippen LogP contribution >= 0.6 is 0 Å². The van der Waals surface area contributed by atoms with Gasteiger partial charge < -0.3 is 15.1 Å². The molecule has 2 atom stereocenters. The van der Waals surface area contributed by atoms with E-state index in [0.29, 0.717) is 63.6 Å². The first-order chi connectivity index (χ1) is 18.0. The number of anilines is 2. The number of nitrogens with one attached hydrogen (secondary N) is 1. The predicted octanol–water partition coefficient (Wildman–Crippen LogP) is 3.58. The van der Waals surface area contributed by atoms with Gasteiger partial charge in [0.15, 0.2) is 0 Å². The zero-order valence-corrected chi connectivity index (χ0v) is 21.9. The van der Waals surface area contributed by atoms with E-state index >= 15 is 4.39 Å². The summed E-state index contributed by atoms with van der Waals surface area (Å²) in [4.78, 5) is 32.2. The number of hydrazone groups is 1. The molecular formula is C28H37FN6O2. The minimum absolute atomic E-state index is 0.102. The standard InChI is InChI=1S/C28H37FN6O2/c1-4-32(5-2)28(37)26(21-10-8-7-9-11-21)34-18-16-33(17-19-34)24-13-12-22(20-23(24)29)31-27(36)25-14-15-30-35(25)6-3/h7-13,15,20,25-26H,4-6,14,16-19H2,1-3H3,(H,31,36). The van der Waals surface area contributed by atoms with Gasteiger partial charge in [-0.05, 0) is 44.5 Å². The highest BCUT2D eigenvalue weighted by molar-refractivity contribution is 5.97. The number of likely N-dealkylation sites (N-methyl/N-ethyl adjacent to an activating group) is 2. The number of hydrogen-bond donors (Lipinski definition) is 1. The Morgan fingerprint density at radius 3 is 2.38 bits per heavy atom. The lowest BCUT2D eigenvalue weighted by Gasteiger charge is -2.41. The van der Waals surface area contributed by atoms with Crippen molar-refractivity contribution in [3.05, 3.63) is 59.9 Å². The van der Waals surface area contributed by atoms with Gasteiger partial charge in [-0.25, -0.2) is 4.39 Å². The van der Waals surface area contributed by atoms with E-state index in [1.165, 1.54) is 6.07 Å². The molecule has 2 amide bonds. The molecule has 2 aliphatic rings. The van der Waals surface area contributed by atoms with Crippen LogP contribution in [0.4, 0.5) is 15.8 Å². The Labute approximate surface area is 218 Å². The van der Waals surface area contributed by atoms with E-state index in [2.05, 4.69) is 15.3 Å². The van der Waals surface area contributed by atoms with Crippen molar-refractivity contribution in [3.8, 4) is 0 Å². The third-order valence-electron chi connectivity index (χ3n) is 7.20. The number of nitrogens with zero attached hydrogens (tertiary/aromatic N) is 5. The van der Waals surface area contributed by atoms with Gasteiger partial charge in [-0.1, -0.05) is 30.3 Å². The molecule has 0 radical (unpaired) electrons. The lowest BCUT2D eigenvalue weighted by atomic mass is 10.0. The van der Waals surface area contributed by atoms with Gasteiger partial charge in [-0.3, -0.25) is 19.5 Å². The maximum atomic E-state index is 15.1. The number of hydrogen-bond acceptors (Lipinski definition) is 6. The van der Waals surface area contributed by atoms with Gasteiger partial charge >= 0.3 is 0 Å². The van der Waals surface area contributed by atoms with E-state index in [4.69, 9.17) is 0 Å². The molecule has 0 aromatic heterocycles. The summed E-state index contributed by atoms with van der Waals surface area (Å²) in [5, 5.41) is 8.75. The van der Waals surface area contributed by atoms with Crippen molar-refractivity contribution >= 4 is 29.4 Å². The highest BCUT2D eigenvalue weighted by Crippen LogP contribution is 2.29. The largest absolute Gasteiger partial charge is 0.367 e. The van der Waals surface area contributed by atoms with Crippen LogP contribution in [0.2, 0.25) is 0 Å². The van der Waals surface area contributed by atoms with Gasteiger partial charge in [0, 0.05) is 64.1 Å². The van der Waals surface area contributed by atoms with Crippen LogP contribution < -0.4 is 10.2 Å². The molecule has 2 aliphatic heterocycles. The van der Waals surface area contributed by atoms with Crippen molar-refractivity contribution in [3.63, 3.8) is 0 Å². The Morgan fingerprint density at radius 1 is 1.05 bits per heavy atom. The second-order valence-corrected chi connectivity index (χ2v) is 9.31. The number of rotatable bonds is 9. The predicted molar refractivity (Wildman–Crippen MR) is 145 cm³/mol.